The van der Waals surface area contributed by atoms with Gasteiger partial charge in [-0.15, -0.1) is 0 Å². The van der Waals surface area contributed by atoms with Gasteiger partial charge in [0, 0.05) is 18.2 Å². The van der Waals surface area contributed by atoms with E-state index in [2.05, 4.69) is 22.1 Å². The number of aromatic nitrogens is 1. The summed E-state index contributed by atoms with van der Waals surface area (Å²) in [6, 6.07) is 16.2. The minimum atomic E-state index is -0.600. The molecule has 0 saturated carbocycles. The molecule has 33 heavy (non-hydrogen) atoms. The molecule has 172 valence electrons. The van der Waals surface area contributed by atoms with Gasteiger partial charge in [-0.2, -0.15) is 0 Å². The molecule has 7 heteroatoms. The van der Waals surface area contributed by atoms with Crippen LogP contribution in [0, 0.1) is 5.82 Å². The molecular formula is C26H29FN4O2. The molecule has 1 fully saturated rings. The van der Waals surface area contributed by atoms with Gasteiger partial charge in [-0.3, -0.25) is 4.79 Å². The monoisotopic (exact) mass is 448 g/mol. The lowest BCUT2D eigenvalue weighted by molar-refractivity contribution is 0.0931. The highest BCUT2D eigenvalue weighted by Crippen LogP contribution is 2.31. The van der Waals surface area contributed by atoms with Crippen LogP contribution in [0.3, 0.4) is 0 Å². The normalized spacial score (nSPS) is 16.9. The van der Waals surface area contributed by atoms with E-state index in [1.165, 1.54) is 12.1 Å². The molecule has 2 aromatic carbocycles. The van der Waals surface area contributed by atoms with Crippen molar-refractivity contribution in [2.75, 3.05) is 30.4 Å². The second kappa shape index (κ2) is 10.0. The first-order valence-electron chi connectivity index (χ1n) is 11.2. The molecule has 0 aliphatic carbocycles. The van der Waals surface area contributed by atoms with Crippen LogP contribution in [-0.4, -0.2) is 36.7 Å². The number of amides is 1. The molecule has 0 unspecified atom stereocenters. The Hall–Kier alpha value is -3.45. The van der Waals surface area contributed by atoms with Crippen LogP contribution >= 0.6 is 0 Å². The molecule has 0 bridgehead atoms. The Labute approximate surface area is 193 Å². The number of morpholine rings is 1. The number of nitrogens with one attached hydrogen (secondary N) is 1. The first-order valence-corrected chi connectivity index (χ1v) is 11.2. The van der Waals surface area contributed by atoms with Crippen molar-refractivity contribution < 1.29 is 13.9 Å². The fraction of sp³-hybridized carbons (Fsp3) is 0.308. The molecular weight excluding hydrogens is 419 g/mol. The summed E-state index contributed by atoms with van der Waals surface area (Å²) in [6.07, 6.45) is 2.43. The Kier molecular flexibility index (Phi) is 6.89. The van der Waals surface area contributed by atoms with E-state index in [9.17, 15) is 4.79 Å². The molecule has 3 aromatic rings. The lowest BCUT2D eigenvalue weighted by Gasteiger charge is -2.35. The number of rotatable bonds is 6. The maximum atomic E-state index is 15.0. The van der Waals surface area contributed by atoms with Crippen LogP contribution in [-0.2, 0) is 4.74 Å². The van der Waals surface area contributed by atoms with Crippen LogP contribution in [0.5, 0.6) is 0 Å². The molecule has 2 atom stereocenters. The number of benzene rings is 2. The van der Waals surface area contributed by atoms with E-state index < -0.39 is 11.7 Å². The van der Waals surface area contributed by atoms with Crippen molar-refractivity contribution in [2.45, 2.75) is 32.4 Å². The largest absolute Gasteiger partial charge is 0.383 e. The van der Waals surface area contributed by atoms with Gasteiger partial charge in [0.2, 0.25) is 0 Å². The maximum absolute atomic E-state index is 15.0. The molecule has 1 aliphatic heterocycles. The van der Waals surface area contributed by atoms with Crippen molar-refractivity contribution in [3.05, 3.63) is 77.7 Å². The lowest BCUT2D eigenvalue weighted by Crippen LogP contribution is -2.43. The van der Waals surface area contributed by atoms with E-state index in [1.807, 2.05) is 43.3 Å². The van der Waals surface area contributed by atoms with Crippen molar-refractivity contribution >= 4 is 17.4 Å². The summed E-state index contributed by atoms with van der Waals surface area (Å²) < 4.78 is 20.6. The number of carbonyl (C=O) groups excluding carboxylic acids is 1. The third kappa shape index (κ3) is 4.98. The number of carbonyl (C=O) groups is 1. The Morgan fingerprint density at radius 1 is 1.27 bits per heavy atom. The number of hydrogen-bond donors (Lipinski definition) is 2. The van der Waals surface area contributed by atoms with Crippen LogP contribution in [0.4, 0.5) is 15.9 Å². The van der Waals surface area contributed by atoms with E-state index >= 15 is 4.39 Å². The topological polar surface area (TPSA) is 80.5 Å². The van der Waals surface area contributed by atoms with Crippen LogP contribution < -0.4 is 16.0 Å². The maximum Gasteiger partial charge on any atom is 0.254 e. The van der Waals surface area contributed by atoms with Gasteiger partial charge in [0.05, 0.1) is 36.7 Å². The summed E-state index contributed by atoms with van der Waals surface area (Å²) in [6.45, 7) is 6.10. The first kappa shape index (κ1) is 22.7. The van der Waals surface area contributed by atoms with Crippen LogP contribution in [0.15, 0.2) is 60.8 Å². The zero-order valence-corrected chi connectivity index (χ0v) is 18.9. The second-order valence-corrected chi connectivity index (χ2v) is 8.28. The van der Waals surface area contributed by atoms with Crippen LogP contribution in [0.1, 0.15) is 42.2 Å². The van der Waals surface area contributed by atoms with E-state index in [0.29, 0.717) is 36.6 Å². The molecule has 1 aromatic heterocycles. The fourth-order valence-electron chi connectivity index (χ4n) is 4.17. The number of nitrogen functional groups attached to an aromatic ring is 1. The molecule has 6 nitrogen and oxygen atoms in total. The first-order chi connectivity index (χ1) is 16.0. The molecule has 1 amide bonds. The van der Waals surface area contributed by atoms with E-state index in [1.54, 1.807) is 12.3 Å². The third-order valence-electron chi connectivity index (χ3n) is 6.04. The Bertz CT molecular complexity index is 1120. The minimum Gasteiger partial charge on any atom is -0.383 e. The van der Waals surface area contributed by atoms with E-state index in [0.717, 1.165) is 17.8 Å². The summed E-state index contributed by atoms with van der Waals surface area (Å²) >= 11 is 0. The molecule has 1 aliphatic rings. The lowest BCUT2D eigenvalue weighted by atomic mass is 10.0. The number of halogens is 1. The van der Waals surface area contributed by atoms with Crippen LogP contribution in [0.25, 0.3) is 11.1 Å². The third-order valence-corrected chi connectivity index (χ3v) is 6.04. The highest BCUT2D eigenvalue weighted by molar-refractivity contribution is 5.95. The van der Waals surface area contributed by atoms with E-state index in [-0.39, 0.29) is 17.6 Å². The number of nitrogens with zero attached hydrogens (tertiary/aromatic N) is 2. The van der Waals surface area contributed by atoms with Gasteiger partial charge in [0.1, 0.15) is 11.6 Å². The molecule has 0 spiro atoms. The number of anilines is 2. The van der Waals surface area contributed by atoms with Gasteiger partial charge in [0.15, 0.2) is 0 Å². The van der Waals surface area contributed by atoms with Gasteiger partial charge < -0.3 is 20.7 Å². The van der Waals surface area contributed by atoms with Crippen LogP contribution in [0.2, 0.25) is 0 Å². The summed E-state index contributed by atoms with van der Waals surface area (Å²) in [4.78, 5) is 19.3. The second-order valence-electron chi connectivity index (χ2n) is 8.28. The molecule has 2 heterocycles. The molecule has 1 saturated heterocycles. The van der Waals surface area contributed by atoms with Gasteiger partial charge in [-0.1, -0.05) is 43.3 Å². The SMILES string of the molecule is CC[C@@H](NC(=O)c1ccc(-c2cc(N3CCOC[C@H]3C)cnc2N)cc1F)c1ccccc1. The Morgan fingerprint density at radius 3 is 2.76 bits per heavy atom. The van der Waals surface area contributed by atoms with Crippen molar-refractivity contribution in [3.63, 3.8) is 0 Å². The van der Waals surface area contributed by atoms with Crippen molar-refractivity contribution in [2.24, 2.45) is 0 Å². The number of pyridine rings is 1. The molecule has 3 N–H and O–H groups in total. The zero-order chi connectivity index (χ0) is 23.4. The van der Waals surface area contributed by atoms with Gasteiger partial charge in [-0.25, -0.2) is 9.37 Å². The summed E-state index contributed by atoms with van der Waals surface area (Å²) in [5.74, 6) is -0.736. The predicted molar refractivity (Wildman–Crippen MR) is 129 cm³/mol. The zero-order valence-electron chi connectivity index (χ0n) is 18.9. The van der Waals surface area contributed by atoms with Gasteiger partial charge >= 0.3 is 0 Å². The van der Waals surface area contributed by atoms with Gasteiger partial charge in [0.25, 0.3) is 5.91 Å². The van der Waals surface area contributed by atoms with Crippen molar-refractivity contribution in [1.82, 2.24) is 10.3 Å². The molecule has 4 rings (SSSR count). The highest BCUT2D eigenvalue weighted by atomic mass is 19.1. The average Bonchev–Trinajstić information content (AvgIpc) is 2.83. The average molecular weight is 449 g/mol. The number of nitrogens with two attached hydrogens (primary N) is 1. The van der Waals surface area contributed by atoms with Gasteiger partial charge in [-0.05, 0) is 42.7 Å². The predicted octanol–water partition coefficient (Wildman–Crippen LogP) is 4.58. The quantitative estimate of drug-likeness (QED) is 0.577. The summed E-state index contributed by atoms with van der Waals surface area (Å²) in [5.41, 5.74) is 9.22. The molecule has 0 radical (unpaired) electrons. The van der Waals surface area contributed by atoms with E-state index in [4.69, 9.17) is 10.5 Å². The van der Waals surface area contributed by atoms with Crippen molar-refractivity contribution in [3.8, 4) is 11.1 Å². The standard InChI is InChI=1S/C26H29FN4O2/c1-3-24(18-7-5-4-6-8-18)30-26(32)21-10-9-19(13-23(21)27)22-14-20(15-29-25(22)28)31-11-12-33-16-17(31)2/h4-10,13-15,17,24H,3,11-12,16H2,1-2H3,(H2,28,29)(H,30,32)/t17-,24-/m1/s1. The fourth-order valence-corrected chi connectivity index (χ4v) is 4.17. The summed E-state index contributed by atoms with van der Waals surface area (Å²) in [5, 5.41) is 2.93. The number of hydrogen-bond acceptors (Lipinski definition) is 5. The Balaban J connectivity index is 1.57. The number of ether oxygens (including phenoxy) is 1. The summed E-state index contributed by atoms with van der Waals surface area (Å²) in [7, 11) is 0. The van der Waals surface area contributed by atoms with Crippen molar-refractivity contribution in [1.29, 1.82) is 0 Å². The highest BCUT2D eigenvalue weighted by Gasteiger charge is 2.22. The Morgan fingerprint density at radius 2 is 2.06 bits per heavy atom. The minimum absolute atomic E-state index is 0.00221. The smallest absolute Gasteiger partial charge is 0.254 e.